The summed E-state index contributed by atoms with van der Waals surface area (Å²) >= 11 is 1.68. The summed E-state index contributed by atoms with van der Waals surface area (Å²) in [5, 5.41) is 13.5. The van der Waals surface area contributed by atoms with Crippen LogP contribution in [0.25, 0.3) is 4.96 Å². The van der Waals surface area contributed by atoms with Gasteiger partial charge in [0.05, 0.1) is 17.1 Å². The van der Waals surface area contributed by atoms with Gasteiger partial charge in [-0.1, -0.05) is 6.07 Å². The molecule has 1 saturated carbocycles. The normalized spacial score (nSPS) is 28.9. The van der Waals surface area contributed by atoms with Gasteiger partial charge in [-0.15, -0.1) is 11.3 Å². The van der Waals surface area contributed by atoms with Crippen LogP contribution < -0.4 is 0 Å². The molecule has 0 unspecified atom stereocenters. The van der Waals surface area contributed by atoms with Crippen LogP contribution in [0.15, 0.2) is 29.9 Å². The van der Waals surface area contributed by atoms with Gasteiger partial charge in [-0.05, 0) is 44.2 Å². The summed E-state index contributed by atoms with van der Waals surface area (Å²) in [6, 6.07) is 4.07. The van der Waals surface area contributed by atoms with Crippen LogP contribution in [0.4, 0.5) is 0 Å². The quantitative estimate of drug-likeness (QED) is 0.772. The van der Waals surface area contributed by atoms with Gasteiger partial charge in [-0.25, -0.2) is 4.98 Å². The average molecular weight is 369 g/mol. The number of pyridine rings is 1. The van der Waals surface area contributed by atoms with Gasteiger partial charge in [0.1, 0.15) is 5.60 Å². The molecule has 5 rings (SSSR count). The van der Waals surface area contributed by atoms with Crippen molar-refractivity contribution in [3.63, 3.8) is 0 Å². The van der Waals surface area contributed by atoms with Crippen LogP contribution in [0, 0.1) is 25.7 Å². The number of thiazole rings is 1. The molecule has 136 valence electrons. The van der Waals surface area contributed by atoms with E-state index in [1.54, 1.807) is 11.3 Å². The first-order chi connectivity index (χ1) is 12.5. The second kappa shape index (κ2) is 5.87. The van der Waals surface area contributed by atoms with E-state index >= 15 is 0 Å². The number of hydrogen-bond acceptors (Lipinski definition) is 5. The molecule has 4 heterocycles. The Balaban J connectivity index is 1.39. The number of nitrogens with zero attached hydrogens (tertiary/aromatic N) is 4. The Hall–Kier alpha value is -1.76. The summed E-state index contributed by atoms with van der Waals surface area (Å²) in [7, 11) is 0. The zero-order valence-electron chi connectivity index (χ0n) is 15.2. The Labute approximate surface area is 157 Å². The molecule has 3 atom stereocenters. The molecule has 0 radical (unpaired) electrons. The second-order valence-electron chi connectivity index (χ2n) is 7.94. The molecule has 0 bridgehead atoms. The van der Waals surface area contributed by atoms with Gasteiger partial charge >= 0.3 is 0 Å². The maximum absolute atomic E-state index is 11.5. The smallest absolute Gasteiger partial charge is 0.194 e. The molecule has 1 saturated heterocycles. The van der Waals surface area contributed by atoms with Crippen LogP contribution in [-0.4, -0.2) is 37.5 Å². The molecule has 26 heavy (non-hydrogen) atoms. The lowest BCUT2D eigenvalue weighted by molar-refractivity contribution is -0.0109. The highest BCUT2D eigenvalue weighted by molar-refractivity contribution is 7.15. The zero-order valence-corrected chi connectivity index (χ0v) is 16.0. The highest BCUT2D eigenvalue weighted by atomic mass is 32.1. The Kier molecular flexibility index (Phi) is 3.71. The first kappa shape index (κ1) is 16.4. The summed E-state index contributed by atoms with van der Waals surface area (Å²) in [6.07, 6.45) is 5.88. The Bertz CT molecular complexity index is 947. The summed E-state index contributed by atoms with van der Waals surface area (Å²) in [4.78, 5) is 12.8. The molecular formula is C20H24N4OS. The molecule has 0 amide bonds. The predicted molar refractivity (Wildman–Crippen MR) is 102 cm³/mol. The van der Waals surface area contributed by atoms with E-state index in [1.165, 1.54) is 5.69 Å². The fourth-order valence-electron chi connectivity index (χ4n) is 4.90. The molecule has 1 aliphatic heterocycles. The van der Waals surface area contributed by atoms with Crippen molar-refractivity contribution in [2.75, 3.05) is 13.1 Å². The zero-order chi connectivity index (χ0) is 17.9. The van der Waals surface area contributed by atoms with Crippen LogP contribution in [0.1, 0.15) is 35.5 Å². The van der Waals surface area contributed by atoms with Gasteiger partial charge in [0, 0.05) is 43.3 Å². The molecule has 1 aliphatic carbocycles. The molecule has 2 aliphatic rings. The van der Waals surface area contributed by atoms with E-state index in [1.807, 2.05) is 19.2 Å². The van der Waals surface area contributed by atoms with Crippen molar-refractivity contribution in [2.24, 2.45) is 11.8 Å². The monoisotopic (exact) mass is 368 g/mol. The summed E-state index contributed by atoms with van der Waals surface area (Å²) < 4.78 is 2.21. The summed E-state index contributed by atoms with van der Waals surface area (Å²) in [5.41, 5.74) is 3.59. The number of fused-ring (bicyclic) bond motifs is 2. The number of rotatable bonds is 3. The van der Waals surface area contributed by atoms with Gasteiger partial charge in [-0.3, -0.25) is 14.3 Å². The molecule has 1 N–H and O–H groups in total. The van der Waals surface area contributed by atoms with Crippen molar-refractivity contribution in [3.8, 4) is 0 Å². The van der Waals surface area contributed by atoms with Crippen molar-refractivity contribution in [1.82, 2.24) is 19.3 Å². The number of aromatic nitrogens is 3. The van der Waals surface area contributed by atoms with Crippen molar-refractivity contribution in [3.05, 3.63) is 52.6 Å². The molecule has 3 aromatic heterocycles. The molecule has 0 spiro atoms. The largest absolute Gasteiger partial charge is 0.383 e. The van der Waals surface area contributed by atoms with Gasteiger partial charge in [-0.2, -0.15) is 0 Å². The minimum atomic E-state index is -0.780. The first-order valence-corrected chi connectivity index (χ1v) is 10.2. The molecule has 2 fully saturated rings. The van der Waals surface area contributed by atoms with Gasteiger partial charge in [0.15, 0.2) is 4.96 Å². The van der Waals surface area contributed by atoms with E-state index in [9.17, 15) is 5.11 Å². The van der Waals surface area contributed by atoms with Gasteiger partial charge < -0.3 is 5.11 Å². The van der Waals surface area contributed by atoms with E-state index in [0.29, 0.717) is 5.92 Å². The number of likely N-dealkylation sites (tertiary alicyclic amines) is 1. The van der Waals surface area contributed by atoms with Gasteiger partial charge in [0.2, 0.25) is 0 Å². The third-order valence-electron chi connectivity index (χ3n) is 6.32. The first-order valence-electron chi connectivity index (χ1n) is 9.33. The topological polar surface area (TPSA) is 53.7 Å². The number of aliphatic hydroxyl groups is 1. The van der Waals surface area contributed by atoms with Crippen LogP contribution in [0.2, 0.25) is 0 Å². The van der Waals surface area contributed by atoms with Crippen LogP contribution in [0.5, 0.6) is 0 Å². The fourth-order valence-corrected chi connectivity index (χ4v) is 5.68. The van der Waals surface area contributed by atoms with Crippen LogP contribution >= 0.6 is 11.3 Å². The number of imidazole rings is 1. The van der Waals surface area contributed by atoms with E-state index in [4.69, 9.17) is 0 Å². The molecule has 0 aromatic carbocycles. The predicted octanol–water partition coefficient (Wildman–Crippen LogP) is 3.14. The molecule has 5 nitrogen and oxygen atoms in total. The SMILES string of the molecule is Cc1ccc([C@]2(O)CC[C@H]3CN(Cc4c(C)nc5sccn45)C[C@H]32)nc1. The van der Waals surface area contributed by atoms with Crippen molar-refractivity contribution in [2.45, 2.75) is 38.8 Å². The van der Waals surface area contributed by atoms with Crippen molar-refractivity contribution < 1.29 is 5.11 Å². The lowest BCUT2D eigenvalue weighted by Crippen LogP contribution is -2.35. The second-order valence-corrected chi connectivity index (χ2v) is 8.82. The average Bonchev–Trinajstić information content (AvgIpc) is 3.35. The van der Waals surface area contributed by atoms with Crippen molar-refractivity contribution in [1.29, 1.82) is 0 Å². The fraction of sp³-hybridized carbons (Fsp3) is 0.500. The lowest BCUT2D eigenvalue weighted by atomic mass is 9.85. The van der Waals surface area contributed by atoms with E-state index in [-0.39, 0.29) is 5.92 Å². The maximum atomic E-state index is 11.5. The third kappa shape index (κ3) is 2.43. The lowest BCUT2D eigenvalue weighted by Gasteiger charge is -2.29. The van der Waals surface area contributed by atoms with E-state index in [0.717, 1.165) is 54.4 Å². The van der Waals surface area contributed by atoms with E-state index in [2.05, 4.69) is 43.8 Å². The Morgan fingerprint density at radius 1 is 1.31 bits per heavy atom. The highest BCUT2D eigenvalue weighted by Crippen LogP contribution is 2.50. The highest BCUT2D eigenvalue weighted by Gasteiger charge is 2.53. The standard InChI is InChI=1S/C20H24N4OS/c1-13-3-4-18(21-9-13)20(25)6-5-15-10-23(11-16(15)20)12-17-14(2)22-19-24(17)7-8-26-19/h3-4,7-9,15-16,25H,5-6,10-12H2,1-2H3/t15-,16+,20-/m0/s1. The minimum absolute atomic E-state index is 0.267. The van der Waals surface area contributed by atoms with Gasteiger partial charge in [0.25, 0.3) is 0 Å². The maximum Gasteiger partial charge on any atom is 0.194 e. The molecule has 3 aromatic rings. The minimum Gasteiger partial charge on any atom is -0.383 e. The number of aryl methyl sites for hydroxylation is 2. The van der Waals surface area contributed by atoms with Crippen LogP contribution in [-0.2, 0) is 12.1 Å². The summed E-state index contributed by atoms with van der Waals surface area (Å²) in [5.74, 6) is 0.818. The summed E-state index contributed by atoms with van der Waals surface area (Å²) in [6.45, 7) is 7.00. The van der Waals surface area contributed by atoms with Crippen LogP contribution in [0.3, 0.4) is 0 Å². The molecular weight excluding hydrogens is 344 g/mol. The third-order valence-corrected chi connectivity index (χ3v) is 7.07. The van der Waals surface area contributed by atoms with Crippen molar-refractivity contribution >= 4 is 16.3 Å². The molecule has 6 heteroatoms. The Morgan fingerprint density at radius 3 is 3.00 bits per heavy atom. The Morgan fingerprint density at radius 2 is 2.19 bits per heavy atom. The van der Waals surface area contributed by atoms with E-state index < -0.39 is 5.60 Å². The number of hydrogen-bond donors (Lipinski definition) is 1.